The van der Waals surface area contributed by atoms with E-state index in [1.807, 2.05) is 0 Å². The van der Waals surface area contributed by atoms with Gasteiger partial charge in [-0.15, -0.1) is 6.58 Å². The number of benzene rings is 1. The number of phenolic OH excluding ortho intramolecular Hbond substituents is 1. The van der Waals surface area contributed by atoms with Gasteiger partial charge >= 0.3 is 18.2 Å². The molecule has 3 atom stereocenters. The van der Waals surface area contributed by atoms with Crippen LogP contribution in [0, 0.1) is 0 Å². The Morgan fingerprint density at radius 1 is 1.24 bits per heavy atom. The predicted molar refractivity (Wildman–Crippen MR) is 159 cm³/mol. The standard InChI is InChI=1S/C32H40F3N3O7/c1-6-7-8-9-10-11-23(37-29(42)45-30(2,3)4)27(40)38-18-31(17-24(38)28(41)43-5)15-14-20-21-16-19(39)12-13-22(21)36-26(25(20)44-31)32(33,34)35/h6,12-13,16,23-24,39H,1,7-11,14-15,17-18H2,2-5H3,(H,37,42). The van der Waals surface area contributed by atoms with Gasteiger partial charge in [0.05, 0.1) is 19.2 Å². The molecule has 1 fully saturated rings. The number of aromatic nitrogens is 1. The van der Waals surface area contributed by atoms with E-state index in [0.29, 0.717) is 11.8 Å². The highest BCUT2D eigenvalue weighted by atomic mass is 19.4. The van der Waals surface area contributed by atoms with Gasteiger partial charge in [0, 0.05) is 17.4 Å². The van der Waals surface area contributed by atoms with E-state index in [1.54, 1.807) is 26.8 Å². The molecule has 1 spiro atoms. The Morgan fingerprint density at radius 3 is 2.62 bits per heavy atom. The van der Waals surface area contributed by atoms with Crippen LogP contribution in [0.2, 0.25) is 0 Å². The number of esters is 1. The number of hydrogen-bond donors (Lipinski definition) is 2. The number of alkyl halides is 3. The number of likely N-dealkylation sites (tertiary alicyclic amines) is 1. The van der Waals surface area contributed by atoms with Gasteiger partial charge in [0.2, 0.25) is 5.91 Å². The van der Waals surface area contributed by atoms with E-state index in [9.17, 15) is 32.7 Å². The van der Waals surface area contributed by atoms with Gasteiger partial charge in [-0.2, -0.15) is 13.2 Å². The number of unbranched alkanes of at least 4 members (excludes halogenated alkanes) is 3. The highest BCUT2D eigenvalue weighted by molar-refractivity contribution is 5.91. The number of aromatic hydroxyl groups is 1. The van der Waals surface area contributed by atoms with Gasteiger partial charge in [-0.3, -0.25) is 4.79 Å². The molecule has 2 amide bonds. The monoisotopic (exact) mass is 635 g/mol. The first-order valence-corrected chi connectivity index (χ1v) is 15.0. The van der Waals surface area contributed by atoms with Gasteiger partial charge in [-0.05, 0) is 71.1 Å². The zero-order valence-corrected chi connectivity index (χ0v) is 26.0. The van der Waals surface area contributed by atoms with Crippen molar-refractivity contribution in [1.82, 2.24) is 15.2 Å². The van der Waals surface area contributed by atoms with Crippen molar-refractivity contribution in [2.45, 2.75) is 102 Å². The Morgan fingerprint density at radius 2 is 1.98 bits per heavy atom. The largest absolute Gasteiger partial charge is 0.508 e. The van der Waals surface area contributed by atoms with Crippen LogP contribution in [-0.4, -0.2) is 69.9 Å². The van der Waals surface area contributed by atoms with E-state index in [0.717, 1.165) is 26.4 Å². The quantitative estimate of drug-likeness (QED) is 0.200. The zero-order chi connectivity index (χ0) is 33.2. The first kappa shape index (κ1) is 33.9. The minimum Gasteiger partial charge on any atom is -0.508 e. The lowest BCUT2D eigenvalue weighted by molar-refractivity contribution is -0.151. The summed E-state index contributed by atoms with van der Waals surface area (Å²) in [6.45, 7) is 8.54. The first-order chi connectivity index (χ1) is 21.1. The summed E-state index contributed by atoms with van der Waals surface area (Å²) in [5.41, 5.74) is -3.13. The Kier molecular flexibility index (Phi) is 9.88. The molecule has 4 rings (SSSR count). The van der Waals surface area contributed by atoms with Gasteiger partial charge in [0.25, 0.3) is 0 Å². The van der Waals surface area contributed by atoms with Crippen LogP contribution in [-0.2, 0) is 31.7 Å². The van der Waals surface area contributed by atoms with Crippen molar-refractivity contribution in [3.63, 3.8) is 0 Å². The number of fused-ring (bicyclic) bond motifs is 3. The van der Waals surface area contributed by atoms with Crippen molar-refractivity contribution in [2.75, 3.05) is 13.7 Å². The number of amides is 2. The fraction of sp³-hybridized carbons (Fsp3) is 0.562. The third kappa shape index (κ3) is 7.80. The van der Waals surface area contributed by atoms with Gasteiger partial charge in [0.1, 0.15) is 29.0 Å². The summed E-state index contributed by atoms with van der Waals surface area (Å²) in [7, 11) is 1.16. The van der Waals surface area contributed by atoms with E-state index < -0.39 is 58.9 Å². The number of aryl methyl sites for hydroxylation is 1. The van der Waals surface area contributed by atoms with Crippen molar-refractivity contribution in [3.8, 4) is 11.5 Å². The number of hydrogen-bond acceptors (Lipinski definition) is 8. The van der Waals surface area contributed by atoms with E-state index >= 15 is 0 Å². The first-order valence-electron chi connectivity index (χ1n) is 15.0. The Labute approximate surface area is 259 Å². The maximum atomic E-state index is 14.3. The molecule has 1 aromatic heterocycles. The number of carbonyl (C=O) groups is 3. The molecule has 0 saturated carbocycles. The van der Waals surface area contributed by atoms with E-state index in [-0.39, 0.29) is 49.1 Å². The molecule has 2 aromatic rings. The molecule has 10 nitrogen and oxygen atoms in total. The van der Waals surface area contributed by atoms with E-state index in [2.05, 4.69) is 16.9 Å². The van der Waals surface area contributed by atoms with Crippen LogP contribution in [0.3, 0.4) is 0 Å². The second-order valence-electron chi connectivity index (χ2n) is 12.6. The van der Waals surface area contributed by atoms with Crippen LogP contribution >= 0.6 is 0 Å². The number of carbonyl (C=O) groups excluding carboxylic acids is 3. The van der Waals surface area contributed by atoms with Crippen molar-refractivity contribution in [3.05, 3.63) is 42.1 Å². The summed E-state index contributed by atoms with van der Waals surface area (Å²) in [6.07, 6.45) is -0.517. The number of alkyl carbamates (subject to hydrolysis) is 1. The SMILES string of the molecule is C=CCCCCCC(NC(=O)OC(C)(C)C)C(=O)N1CC2(CCc3c(c(C(F)(F)F)nc4ccc(O)cc34)O2)CC1C(=O)OC. The molecular weight excluding hydrogens is 595 g/mol. The molecule has 45 heavy (non-hydrogen) atoms. The summed E-state index contributed by atoms with van der Waals surface area (Å²) in [5, 5.41) is 13.0. The average Bonchev–Trinajstić information content (AvgIpc) is 3.32. The smallest absolute Gasteiger partial charge is 0.437 e. The number of nitrogens with zero attached hydrogens (tertiary/aromatic N) is 2. The number of halogens is 3. The van der Waals surface area contributed by atoms with E-state index in [1.165, 1.54) is 23.1 Å². The lowest BCUT2D eigenvalue weighted by Gasteiger charge is -2.37. The second kappa shape index (κ2) is 13.1. The molecule has 0 radical (unpaired) electrons. The fourth-order valence-corrected chi connectivity index (χ4v) is 5.97. The van der Waals surface area contributed by atoms with E-state index in [4.69, 9.17) is 14.2 Å². The minimum absolute atomic E-state index is 0.0539. The Balaban J connectivity index is 1.67. The molecule has 0 bridgehead atoms. The summed E-state index contributed by atoms with van der Waals surface area (Å²) in [6, 6.07) is 1.67. The third-order valence-electron chi connectivity index (χ3n) is 7.99. The molecular formula is C32H40F3N3O7. The molecule has 1 aromatic carbocycles. The van der Waals surface area contributed by atoms with Crippen LogP contribution < -0.4 is 10.1 Å². The molecule has 13 heteroatoms. The van der Waals surface area contributed by atoms with Crippen molar-refractivity contribution < 1.29 is 46.9 Å². The number of pyridine rings is 1. The predicted octanol–water partition coefficient (Wildman–Crippen LogP) is 5.83. The summed E-state index contributed by atoms with van der Waals surface area (Å²) in [4.78, 5) is 44.8. The van der Waals surface area contributed by atoms with Gasteiger partial charge in [-0.1, -0.05) is 18.9 Å². The number of rotatable bonds is 9. The molecule has 3 heterocycles. The maximum Gasteiger partial charge on any atom is 0.437 e. The van der Waals surface area contributed by atoms with Crippen LogP contribution in [0.4, 0.5) is 18.0 Å². The maximum absolute atomic E-state index is 14.3. The highest BCUT2D eigenvalue weighted by Gasteiger charge is 2.55. The average molecular weight is 636 g/mol. The number of allylic oxidation sites excluding steroid dienone is 1. The molecule has 0 aliphatic carbocycles. The summed E-state index contributed by atoms with van der Waals surface area (Å²) >= 11 is 0. The molecule has 246 valence electrons. The van der Waals surface area contributed by atoms with Crippen LogP contribution in [0.1, 0.15) is 77.0 Å². The molecule has 2 aliphatic rings. The third-order valence-corrected chi connectivity index (χ3v) is 7.99. The molecule has 3 unspecified atom stereocenters. The Bertz CT molecular complexity index is 1460. The molecule has 2 N–H and O–H groups in total. The fourth-order valence-electron chi connectivity index (χ4n) is 5.97. The summed E-state index contributed by atoms with van der Waals surface area (Å²) < 4.78 is 59.3. The lowest BCUT2D eigenvalue weighted by atomic mass is 9.87. The second-order valence-corrected chi connectivity index (χ2v) is 12.6. The minimum atomic E-state index is -4.86. The number of ether oxygens (including phenoxy) is 3. The Hall–Kier alpha value is -4.03. The van der Waals surface area contributed by atoms with Gasteiger partial charge in [0.15, 0.2) is 11.4 Å². The van der Waals surface area contributed by atoms with Crippen molar-refractivity contribution in [1.29, 1.82) is 0 Å². The highest BCUT2D eigenvalue weighted by Crippen LogP contribution is 2.48. The number of nitrogens with one attached hydrogen (secondary N) is 1. The number of phenols is 1. The van der Waals surface area contributed by atoms with Crippen LogP contribution in [0.25, 0.3) is 10.9 Å². The normalized spacial score (nSPS) is 20.3. The molecule has 1 saturated heterocycles. The van der Waals surface area contributed by atoms with Crippen LogP contribution in [0.5, 0.6) is 11.5 Å². The zero-order valence-electron chi connectivity index (χ0n) is 26.0. The van der Waals surface area contributed by atoms with Gasteiger partial charge < -0.3 is 29.5 Å². The molecule has 2 aliphatic heterocycles. The van der Waals surface area contributed by atoms with Crippen molar-refractivity contribution in [2.24, 2.45) is 0 Å². The number of methoxy groups -OCH3 is 1. The van der Waals surface area contributed by atoms with Crippen LogP contribution in [0.15, 0.2) is 30.9 Å². The summed E-state index contributed by atoms with van der Waals surface area (Å²) in [5.74, 6) is -1.98. The lowest BCUT2D eigenvalue weighted by Crippen LogP contribution is -2.53. The van der Waals surface area contributed by atoms with Gasteiger partial charge in [-0.25, -0.2) is 14.6 Å². The topological polar surface area (TPSA) is 127 Å². The van der Waals surface area contributed by atoms with Crippen molar-refractivity contribution >= 4 is 28.9 Å².